The van der Waals surface area contributed by atoms with Crippen LogP contribution in [0.1, 0.15) is 6.42 Å². The van der Waals surface area contributed by atoms with Crippen LogP contribution in [0.2, 0.25) is 0 Å². The Labute approximate surface area is 80.5 Å². The summed E-state index contributed by atoms with van der Waals surface area (Å²) >= 11 is 0. The monoisotopic (exact) mass is 175 g/mol. The number of phosphoric acid groups is 1. The van der Waals surface area contributed by atoms with Crippen LogP contribution >= 0.6 is 7.82 Å². The van der Waals surface area contributed by atoms with Crippen LogP contribution in [0, 0.1) is 11.3 Å². The van der Waals surface area contributed by atoms with Crippen molar-refractivity contribution < 1.29 is 18.9 Å². The Morgan fingerprint density at radius 3 is 2.40 bits per heavy atom. The topological polar surface area (TPSA) is 90.5 Å². The van der Waals surface area contributed by atoms with Crippen molar-refractivity contribution in [2.45, 2.75) is 6.42 Å². The fourth-order valence-electron chi connectivity index (χ4n) is 0.210. The van der Waals surface area contributed by atoms with E-state index in [0.29, 0.717) is 0 Å². The van der Waals surface area contributed by atoms with Crippen molar-refractivity contribution in [3.05, 3.63) is 0 Å². The van der Waals surface area contributed by atoms with Crippen molar-refractivity contribution in [1.29, 1.82) is 5.26 Å². The van der Waals surface area contributed by atoms with Crippen LogP contribution in [0.15, 0.2) is 0 Å². The molecular weight excluding hydrogens is 168 g/mol. The van der Waals surface area contributed by atoms with Crippen molar-refractivity contribution in [3.63, 3.8) is 0 Å². The number of phosphoric ester groups is 1. The van der Waals surface area contributed by atoms with Crippen molar-refractivity contribution in [1.82, 2.24) is 0 Å². The summed E-state index contributed by atoms with van der Waals surface area (Å²) in [6.07, 6.45) is -0.00882. The molecule has 10 heavy (non-hydrogen) atoms. The molecular formula is C3H7NNaO4P. The molecule has 0 aromatic heterocycles. The first-order valence-electron chi connectivity index (χ1n) is 2.13. The van der Waals surface area contributed by atoms with E-state index in [1.807, 2.05) is 0 Å². The van der Waals surface area contributed by atoms with Gasteiger partial charge in [0, 0.05) is 0 Å². The third kappa shape index (κ3) is 11.4. The van der Waals surface area contributed by atoms with E-state index in [4.69, 9.17) is 15.0 Å². The molecule has 0 aromatic carbocycles. The fourth-order valence-corrected chi connectivity index (χ4v) is 0.539. The summed E-state index contributed by atoms with van der Waals surface area (Å²) in [5.41, 5.74) is 0. The number of rotatable bonds is 3. The fraction of sp³-hybridized carbons (Fsp3) is 0.667. The molecule has 0 aliphatic heterocycles. The van der Waals surface area contributed by atoms with Crippen LogP contribution in [-0.2, 0) is 9.09 Å². The Balaban J connectivity index is 0. The Bertz CT molecular complexity index is 160. The van der Waals surface area contributed by atoms with Crippen molar-refractivity contribution in [2.75, 3.05) is 6.61 Å². The van der Waals surface area contributed by atoms with E-state index in [1.165, 1.54) is 0 Å². The summed E-state index contributed by atoms with van der Waals surface area (Å²) in [6.45, 7) is -0.221. The normalized spacial score (nSPS) is 9.70. The second kappa shape index (κ2) is 6.32. The summed E-state index contributed by atoms with van der Waals surface area (Å²) in [5.74, 6) is 0. The van der Waals surface area contributed by atoms with Crippen LogP contribution in [0.25, 0.3) is 0 Å². The quantitative estimate of drug-likeness (QED) is 0.338. The molecule has 0 bridgehead atoms. The van der Waals surface area contributed by atoms with Crippen LogP contribution in [0.5, 0.6) is 0 Å². The second-order valence-electron chi connectivity index (χ2n) is 1.23. The van der Waals surface area contributed by atoms with E-state index in [-0.39, 0.29) is 42.6 Å². The molecule has 0 aliphatic carbocycles. The molecule has 0 atom stereocenters. The standard InChI is InChI=1S/C3H6NO4P.Na.H/c4-2-1-3-8-9(5,6)7;;/h1,3H2,(H2,5,6,7);;. The second-order valence-corrected chi connectivity index (χ2v) is 2.47. The third-order valence-corrected chi connectivity index (χ3v) is 0.992. The van der Waals surface area contributed by atoms with Gasteiger partial charge in [-0.2, -0.15) is 5.26 Å². The molecule has 54 valence electrons. The number of nitriles is 1. The van der Waals surface area contributed by atoms with Crippen molar-refractivity contribution in [3.8, 4) is 6.07 Å². The zero-order valence-electron chi connectivity index (χ0n) is 4.52. The van der Waals surface area contributed by atoms with Gasteiger partial charge in [0.05, 0.1) is 19.1 Å². The molecule has 0 unspecified atom stereocenters. The zero-order chi connectivity index (χ0) is 7.33. The van der Waals surface area contributed by atoms with Gasteiger partial charge in [-0.3, -0.25) is 4.52 Å². The van der Waals surface area contributed by atoms with Gasteiger partial charge in [-0.25, -0.2) is 4.57 Å². The average molecular weight is 175 g/mol. The summed E-state index contributed by atoms with van der Waals surface area (Å²) < 4.78 is 13.8. The molecule has 0 saturated heterocycles. The van der Waals surface area contributed by atoms with E-state index in [1.54, 1.807) is 6.07 Å². The van der Waals surface area contributed by atoms with Gasteiger partial charge in [0.1, 0.15) is 0 Å². The number of hydrogen-bond acceptors (Lipinski definition) is 3. The predicted molar refractivity (Wildman–Crippen MR) is 35.4 cm³/mol. The molecule has 7 heteroatoms. The van der Waals surface area contributed by atoms with Gasteiger partial charge in [-0.15, -0.1) is 0 Å². The van der Waals surface area contributed by atoms with Gasteiger partial charge in [0.2, 0.25) is 0 Å². The summed E-state index contributed by atoms with van der Waals surface area (Å²) in [4.78, 5) is 16.0. The molecule has 0 fully saturated rings. The maximum absolute atomic E-state index is 9.87. The molecule has 0 aromatic rings. The first-order chi connectivity index (χ1) is 4.06. The van der Waals surface area contributed by atoms with Gasteiger partial charge >= 0.3 is 37.4 Å². The Hall–Kier alpha value is 0.600. The van der Waals surface area contributed by atoms with E-state index >= 15 is 0 Å². The SMILES string of the molecule is N#CCCOP(=O)(O)O.[NaH]. The molecule has 0 amide bonds. The Kier molecular flexibility index (Phi) is 8.35. The van der Waals surface area contributed by atoms with Gasteiger partial charge in [-0.1, -0.05) is 0 Å². The molecule has 0 heterocycles. The van der Waals surface area contributed by atoms with Crippen LogP contribution in [0.3, 0.4) is 0 Å². The van der Waals surface area contributed by atoms with Gasteiger partial charge < -0.3 is 9.79 Å². The molecule has 0 radical (unpaired) electrons. The maximum atomic E-state index is 9.87. The minimum atomic E-state index is -4.35. The van der Waals surface area contributed by atoms with E-state index in [9.17, 15) is 4.57 Å². The first kappa shape index (κ1) is 13.2. The molecule has 0 spiro atoms. The summed E-state index contributed by atoms with van der Waals surface area (Å²) in [7, 11) is -4.35. The third-order valence-electron chi connectivity index (χ3n) is 0.473. The first-order valence-corrected chi connectivity index (χ1v) is 3.66. The van der Waals surface area contributed by atoms with E-state index < -0.39 is 7.82 Å². The zero-order valence-corrected chi connectivity index (χ0v) is 5.41. The summed E-state index contributed by atoms with van der Waals surface area (Å²) in [6, 6.07) is 1.67. The Morgan fingerprint density at radius 1 is 1.60 bits per heavy atom. The van der Waals surface area contributed by atoms with Gasteiger partial charge in [0.15, 0.2) is 0 Å². The van der Waals surface area contributed by atoms with E-state index in [2.05, 4.69) is 4.52 Å². The molecule has 0 aliphatic rings. The number of hydrogen-bond donors (Lipinski definition) is 2. The predicted octanol–water partition coefficient (Wildman–Crippen LogP) is -0.639. The van der Waals surface area contributed by atoms with E-state index in [0.717, 1.165) is 0 Å². The molecule has 0 saturated carbocycles. The van der Waals surface area contributed by atoms with Gasteiger partial charge in [0.25, 0.3) is 0 Å². The molecule has 0 rings (SSSR count). The van der Waals surface area contributed by atoms with Crippen molar-refractivity contribution in [2.24, 2.45) is 0 Å². The molecule has 5 nitrogen and oxygen atoms in total. The van der Waals surface area contributed by atoms with Gasteiger partial charge in [-0.05, 0) is 0 Å². The van der Waals surface area contributed by atoms with Crippen LogP contribution in [-0.4, -0.2) is 46.0 Å². The molecule has 2 N–H and O–H groups in total. The van der Waals surface area contributed by atoms with Crippen LogP contribution < -0.4 is 0 Å². The number of nitrogens with zero attached hydrogens (tertiary/aromatic N) is 1. The summed E-state index contributed by atoms with van der Waals surface area (Å²) in [5, 5.41) is 7.88. The minimum absolute atomic E-state index is 0. The Morgan fingerprint density at radius 2 is 2.10 bits per heavy atom. The average Bonchev–Trinajstić information content (AvgIpc) is 1.63. The van der Waals surface area contributed by atoms with Crippen LogP contribution in [0.4, 0.5) is 0 Å². The van der Waals surface area contributed by atoms with Crippen molar-refractivity contribution >= 4 is 37.4 Å².